The minimum Gasteiger partial charge on any atom is -0.392 e. The van der Waals surface area contributed by atoms with Gasteiger partial charge in [-0.1, -0.05) is 0 Å². The second kappa shape index (κ2) is 4.76. The SMILES string of the molecule is Cc1cc(NCC(C)O)c(C#N)c(C)n1. The lowest BCUT2D eigenvalue weighted by Crippen LogP contribution is -2.16. The van der Waals surface area contributed by atoms with E-state index in [4.69, 9.17) is 10.4 Å². The largest absolute Gasteiger partial charge is 0.392 e. The third kappa shape index (κ3) is 2.93. The number of rotatable bonds is 3. The van der Waals surface area contributed by atoms with Crippen molar-refractivity contribution < 1.29 is 5.11 Å². The average Bonchev–Trinajstić information content (AvgIpc) is 2.13. The maximum atomic E-state index is 9.15. The molecule has 0 spiro atoms. The summed E-state index contributed by atoms with van der Waals surface area (Å²) < 4.78 is 0. The fourth-order valence-corrected chi connectivity index (χ4v) is 1.37. The highest BCUT2D eigenvalue weighted by atomic mass is 16.3. The summed E-state index contributed by atoms with van der Waals surface area (Å²) in [6, 6.07) is 3.92. The number of aliphatic hydroxyl groups is 1. The second-order valence-corrected chi connectivity index (χ2v) is 3.61. The maximum absolute atomic E-state index is 9.15. The predicted molar refractivity (Wildman–Crippen MR) is 58.6 cm³/mol. The molecule has 0 saturated heterocycles. The van der Waals surface area contributed by atoms with Gasteiger partial charge in [-0.2, -0.15) is 5.26 Å². The van der Waals surface area contributed by atoms with Crippen molar-refractivity contribution in [3.8, 4) is 6.07 Å². The van der Waals surface area contributed by atoms with Crippen molar-refractivity contribution in [2.75, 3.05) is 11.9 Å². The first kappa shape index (κ1) is 11.5. The molecule has 0 bridgehead atoms. The Bertz CT molecular complexity index is 394. The highest BCUT2D eigenvalue weighted by Crippen LogP contribution is 2.18. The number of aromatic nitrogens is 1. The summed E-state index contributed by atoms with van der Waals surface area (Å²) in [5.41, 5.74) is 2.86. The Kier molecular flexibility index (Phi) is 3.64. The summed E-state index contributed by atoms with van der Waals surface area (Å²) in [4.78, 5) is 4.21. The molecule has 0 aliphatic carbocycles. The molecule has 0 aromatic carbocycles. The highest BCUT2D eigenvalue weighted by molar-refractivity contribution is 5.59. The standard InChI is InChI=1S/C11H15N3O/c1-7-4-11(13-6-8(2)15)10(5-12)9(3)14-7/h4,8,15H,6H2,1-3H3,(H,13,14). The Morgan fingerprint density at radius 2 is 2.27 bits per heavy atom. The van der Waals surface area contributed by atoms with Crippen LogP contribution in [0.15, 0.2) is 6.07 Å². The lowest BCUT2D eigenvalue weighted by molar-refractivity contribution is 0.208. The zero-order valence-electron chi connectivity index (χ0n) is 9.20. The molecule has 2 N–H and O–H groups in total. The molecule has 80 valence electrons. The fraction of sp³-hybridized carbons (Fsp3) is 0.455. The Morgan fingerprint density at radius 1 is 1.60 bits per heavy atom. The molecule has 1 atom stereocenters. The van der Waals surface area contributed by atoms with Gasteiger partial charge in [0.25, 0.3) is 0 Å². The number of nitriles is 1. The molecule has 1 unspecified atom stereocenters. The van der Waals surface area contributed by atoms with Crippen LogP contribution in [0.1, 0.15) is 23.9 Å². The zero-order valence-corrected chi connectivity index (χ0v) is 9.20. The second-order valence-electron chi connectivity index (χ2n) is 3.61. The molecule has 0 amide bonds. The van der Waals surface area contributed by atoms with Crippen LogP contribution < -0.4 is 5.32 Å². The molecule has 4 heteroatoms. The predicted octanol–water partition coefficient (Wildman–Crippen LogP) is 1.36. The Hall–Kier alpha value is -1.60. The van der Waals surface area contributed by atoms with Gasteiger partial charge in [0.2, 0.25) is 0 Å². The Labute approximate surface area is 89.6 Å². The number of aryl methyl sites for hydroxylation is 2. The highest BCUT2D eigenvalue weighted by Gasteiger charge is 2.07. The first-order valence-electron chi connectivity index (χ1n) is 4.85. The van der Waals surface area contributed by atoms with Crippen LogP contribution in [-0.4, -0.2) is 22.7 Å². The lowest BCUT2D eigenvalue weighted by atomic mass is 10.1. The van der Waals surface area contributed by atoms with E-state index >= 15 is 0 Å². The van der Waals surface area contributed by atoms with E-state index in [1.54, 1.807) is 13.8 Å². The molecule has 1 rings (SSSR count). The van der Waals surface area contributed by atoms with Crippen LogP contribution >= 0.6 is 0 Å². The Morgan fingerprint density at radius 3 is 2.80 bits per heavy atom. The normalized spacial score (nSPS) is 11.9. The number of hydrogen-bond donors (Lipinski definition) is 2. The minimum absolute atomic E-state index is 0.428. The van der Waals surface area contributed by atoms with Gasteiger partial charge < -0.3 is 10.4 Å². The molecule has 0 saturated carbocycles. The third-order valence-corrected chi connectivity index (χ3v) is 2.03. The Balaban J connectivity index is 3.00. The van der Waals surface area contributed by atoms with Gasteiger partial charge in [-0.15, -0.1) is 0 Å². The van der Waals surface area contributed by atoms with Crippen LogP contribution in [0.5, 0.6) is 0 Å². The molecule has 1 aromatic rings. The molecule has 0 radical (unpaired) electrons. The first-order valence-corrected chi connectivity index (χ1v) is 4.85. The number of pyridine rings is 1. The summed E-state index contributed by atoms with van der Waals surface area (Å²) in [5.74, 6) is 0. The third-order valence-electron chi connectivity index (χ3n) is 2.03. The average molecular weight is 205 g/mol. The van der Waals surface area contributed by atoms with Crippen molar-refractivity contribution in [1.29, 1.82) is 5.26 Å². The van der Waals surface area contributed by atoms with Crippen molar-refractivity contribution in [2.45, 2.75) is 26.9 Å². The molecule has 0 fully saturated rings. The molecule has 1 aromatic heterocycles. The minimum atomic E-state index is -0.440. The first-order chi connectivity index (χ1) is 7.04. The fourth-order valence-electron chi connectivity index (χ4n) is 1.37. The maximum Gasteiger partial charge on any atom is 0.103 e. The van der Waals surface area contributed by atoms with Crippen molar-refractivity contribution in [1.82, 2.24) is 4.98 Å². The van der Waals surface area contributed by atoms with Crippen LogP contribution in [-0.2, 0) is 0 Å². The van der Waals surface area contributed by atoms with E-state index in [9.17, 15) is 0 Å². The summed E-state index contributed by atoms with van der Waals surface area (Å²) in [6.07, 6.45) is -0.440. The quantitative estimate of drug-likeness (QED) is 0.781. The number of hydrogen-bond acceptors (Lipinski definition) is 4. The van der Waals surface area contributed by atoms with Gasteiger partial charge in [-0.3, -0.25) is 4.98 Å². The van der Waals surface area contributed by atoms with E-state index in [1.165, 1.54) is 0 Å². The number of nitrogens with one attached hydrogen (secondary N) is 1. The summed E-state index contributed by atoms with van der Waals surface area (Å²) >= 11 is 0. The van der Waals surface area contributed by atoms with E-state index in [2.05, 4.69) is 16.4 Å². The van der Waals surface area contributed by atoms with Gasteiger partial charge in [-0.05, 0) is 26.8 Å². The summed E-state index contributed by atoms with van der Waals surface area (Å²) in [6.45, 7) is 5.80. The van der Waals surface area contributed by atoms with Crippen molar-refractivity contribution in [3.05, 3.63) is 23.0 Å². The number of nitrogens with zero attached hydrogens (tertiary/aromatic N) is 2. The van der Waals surface area contributed by atoms with Crippen molar-refractivity contribution in [3.63, 3.8) is 0 Å². The van der Waals surface area contributed by atoms with Crippen LogP contribution in [0.4, 0.5) is 5.69 Å². The van der Waals surface area contributed by atoms with Gasteiger partial charge in [0.15, 0.2) is 0 Å². The van der Waals surface area contributed by atoms with Crippen LogP contribution in [0.3, 0.4) is 0 Å². The van der Waals surface area contributed by atoms with E-state index in [0.29, 0.717) is 17.8 Å². The molecule has 0 aliphatic rings. The monoisotopic (exact) mass is 205 g/mol. The molecular formula is C11H15N3O. The lowest BCUT2D eigenvalue weighted by Gasteiger charge is -2.11. The van der Waals surface area contributed by atoms with Crippen molar-refractivity contribution in [2.24, 2.45) is 0 Å². The van der Waals surface area contributed by atoms with E-state index in [1.807, 2.05) is 13.0 Å². The van der Waals surface area contributed by atoms with Gasteiger partial charge in [-0.25, -0.2) is 0 Å². The summed E-state index contributed by atoms with van der Waals surface area (Å²) in [5, 5.41) is 21.2. The summed E-state index contributed by atoms with van der Waals surface area (Å²) in [7, 11) is 0. The van der Waals surface area contributed by atoms with Crippen LogP contribution in [0.2, 0.25) is 0 Å². The van der Waals surface area contributed by atoms with E-state index < -0.39 is 6.10 Å². The van der Waals surface area contributed by atoms with Gasteiger partial charge in [0, 0.05) is 12.2 Å². The van der Waals surface area contributed by atoms with E-state index in [-0.39, 0.29) is 0 Å². The van der Waals surface area contributed by atoms with Crippen LogP contribution in [0.25, 0.3) is 0 Å². The molecule has 4 nitrogen and oxygen atoms in total. The zero-order chi connectivity index (χ0) is 11.4. The molecule has 0 aliphatic heterocycles. The van der Waals surface area contributed by atoms with Crippen LogP contribution in [0, 0.1) is 25.2 Å². The molecule has 15 heavy (non-hydrogen) atoms. The van der Waals surface area contributed by atoms with Gasteiger partial charge >= 0.3 is 0 Å². The topological polar surface area (TPSA) is 68.9 Å². The van der Waals surface area contributed by atoms with Gasteiger partial charge in [0.1, 0.15) is 6.07 Å². The van der Waals surface area contributed by atoms with Gasteiger partial charge in [0.05, 0.1) is 23.0 Å². The smallest absolute Gasteiger partial charge is 0.103 e. The van der Waals surface area contributed by atoms with E-state index in [0.717, 1.165) is 11.4 Å². The number of anilines is 1. The number of aliphatic hydroxyl groups excluding tert-OH is 1. The molecule has 1 heterocycles. The molecular weight excluding hydrogens is 190 g/mol. The van der Waals surface area contributed by atoms with Crippen molar-refractivity contribution >= 4 is 5.69 Å².